The first-order valence-corrected chi connectivity index (χ1v) is 9.04. The molecule has 1 N–H and O–H groups in total. The number of para-hydroxylation sites is 1. The molecule has 24 heavy (non-hydrogen) atoms. The fourth-order valence-electron chi connectivity index (χ4n) is 2.39. The molecule has 6 heteroatoms. The van der Waals surface area contributed by atoms with Crippen LogP contribution in [-0.2, 0) is 0 Å². The molecule has 0 unspecified atom stereocenters. The van der Waals surface area contributed by atoms with Gasteiger partial charge in [-0.2, -0.15) is 0 Å². The Balaban J connectivity index is 1.61. The normalized spacial score (nSPS) is 10.9. The van der Waals surface area contributed by atoms with Crippen molar-refractivity contribution in [2.45, 2.75) is 6.92 Å². The van der Waals surface area contributed by atoms with Gasteiger partial charge < -0.3 is 0 Å². The fraction of sp³-hybridized carbons (Fsp3) is 0.0556. The molecule has 1 amide bonds. The fourth-order valence-corrected chi connectivity index (χ4v) is 4.22. The molecule has 118 valence electrons. The summed E-state index contributed by atoms with van der Waals surface area (Å²) in [5.74, 6) is -0.161. The van der Waals surface area contributed by atoms with Crippen molar-refractivity contribution in [3.8, 4) is 10.6 Å². The minimum atomic E-state index is -0.161. The van der Waals surface area contributed by atoms with E-state index in [0.717, 1.165) is 26.5 Å². The zero-order valence-electron chi connectivity index (χ0n) is 12.8. The minimum Gasteiger partial charge on any atom is -0.297 e. The van der Waals surface area contributed by atoms with Crippen LogP contribution in [-0.4, -0.2) is 15.9 Å². The standard InChI is InChI=1S/C18H13N3OS2/c1-11-15(24-17(19-11)12-7-3-2-4-8-12)16(22)21-18-20-13-9-5-6-10-14(13)23-18/h2-10H,1H3,(H,20,21,22). The van der Waals surface area contributed by atoms with Crippen LogP contribution in [0.1, 0.15) is 15.4 Å². The molecular formula is C18H13N3OS2. The molecular weight excluding hydrogens is 338 g/mol. The molecule has 0 atom stereocenters. The summed E-state index contributed by atoms with van der Waals surface area (Å²) in [7, 11) is 0. The summed E-state index contributed by atoms with van der Waals surface area (Å²) in [5, 5.41) is 4.35. The van der Waals surface area contributed by atoms with Crippen molar-refractivity contribution in [2.24, 2.45) is 0 Å². The van der Waals surface area contributed by atoms with Crippen LogP contribution in [0.15, 0.2) is 54.6 Å². The van der Waals surface area contributed by atoms with Crippen molar-refractivity contribution in [1.82, 2.24) is 9.97 Å². The summed E-state index contributed by atoms with van der Waals surface area (Å²) < 4.78 is 1.05. The molecule has 0 aliphatic carbocycles. The molecule has 2 heterocycles. The summed E-state index contributed by atoms with van der Waals surface area (Å²) >= 11 is 2.87. The van der Waals surface area contributed by atoms with Crippen LogP contribution < -0.4 is 5.32 Å². The molecule has 4 rings (SSSR count). The molecule has 2 aromatic carbocycles. The van der Waals surface area contributed by atoms with Crippen molar-refractivity contribution >= 4 is 43.9 Å². The van der Waals surface area contributed by atoms with E-state index in [1.165, 1.54) is 22.7 Å². The zero-order chi connectivity index (χ0) is 16.5. The van der Waals surface area contributed by atoms with Crippen LogP contribution in [0.25, 0.3) is 20.8 Å². The maximum Gasteiger partial charge on any atom is 0.269 e. The number of carbonyl (C=O) groups excluding carboxylic acids is 1. The first-order chi connectivity index (χ1) is 11.7. The second-order valence-corrected chi connectivity index (χ2v) is 7.27. The Kier molecular flexibility index (Phi) is 3.84. The van der Waals surface area contributed by atoms with Crippen molar-refractivity contribution in [2.75, 3.05) is 5.32 Å². The summed E-state index contributed by atoms with van der Waals surface area (Å²) in [6.07, 6.45) is 0. The molecule has 4 aromatic rings. The highest BCUT2D eigenvalue weighted by atomic mass is 32.1. The van der Waals surface area contributed by atoms with Gasteiger partial charge >= 0.3 is 0 Å². The van der Waals surface area contributed by atoms with E-state index in [0.29, 0.717) is 10.0 Å². The monoisotopic (exact) mass is 351 g/mol. The molecule has 0 radical (unpaired) electrons. The molecule has 0 bridgehead atoms. The average molecular weight is 351 g/mol. The number of aromatic nitrogens is 2. The topological polar surface area (TPSA) is 54.9 Å². The molecule has 0 saturated heterocycles. The molecule has 2 aromatic heterocycles. The lowest BCUT2D eigenvalue weighted by Crippen LogP contribution is -2.11. The average Bonchev–Trinajstić information content (AvgIpc) is 3.18. The number of anilines is 1. The van der Waals surface area contributed by atoms with Gasteiger partial charge in [0.1, 0.15) is 9.88 Å². The van der Waals surface area contributed by atoms with Gasteiger partial charge in [0.2, 0.25) is 0 Å². The number of aryl methyl sites for hydroxylation is 1. The Morgan fingerprint density at radius 1 is 0.958 bits per heavy atom. The Labute approximate surface area is 146 Å². The van der Waals surface area contributed by atoms with E-state index in [9.17, 15) is 4.79 Å². The molecule has 0 saturated carbocycles. The lowest BCUT2D eigenvalue weighted by atomic mass is 10.2. The maximum absolute atomic E-state index is 12.6. The van der Waals surface area contributed by atoms with Gasteiger partial charge in [0.15, 0.2) is 5.13 Å². The Morgan fingerprint density at radius 2 is 1.71 bits per heavy atom. The quantitative estimate of drug-likeness (QED) is 0.566. The lowest BCUT2D eigenvalue weighted by molar-refractivity contribution is 0.103. The predicted molar refractivity (Wildman–Crippen MR) is 99.9 cm³/mol. The van der Waals surface area contributed by atoms with Crippen LogP contribution in [0, 0.1) is 6.92 Å². The highest BCUT2D eigenvalue weighted by molar-refractivity contribution is 7.22. The van der Waals surface area contributed by atoms with E-state index in [-0.39, 0.29) is 5.91 Å². The summed E-state index contributed by atoms with van der Waals surface area (Å²) in [6.45, 7) is 1.86. The largest absolute Gasteiger partial charge is 0.297 e. The Morgan fingerprint density at radius 3 is 2.50 bits per heavy atom. The van der Waals surface area contributed by atoms with E-state index >= 15 is 0 Å². The third-order valence-electron chi connectivity index (χ3n) is 3.54. The molecule has 4 nitrogen and oxygen atoms in total. The summed E-state index contributed by atoms with van der Waals surface area (Å²) in [6, 6.07) is 17.7. The van der Waals surface area contributed by atoms with Gasteiger partial charge in [-0.15, -0.1) is 11.3 Å². The zero-order valence-corrected chi connectivity index (χ0v) is 14.4. The molecule has 0 aliphatic heterocycles. The van der Waals surface area contributed by atoms with Crippen molar-refractivity contribution in [1.29, 1.82) is 0 Å². The number of carbonyl (C=O) groups is 1. The minimum absolute atomic E-state index is 0.161. The Hall–Kier alpha value is -2.57. The number of fused-ring (bicyclic) bond motifs is 1. The SMILES string of the molecule is Cc1nc(-c2ccccc2)sc1C(=O)Nc1nc2ccccc2s1. The number of hydrogen-bond acceptors (Lipinski definition) is 5. The van der Waals surface area contributed by atoms with E-state index in [1.54, 1.807) is 0 Å². The number of nitrogens with zero attached hydrogens (tertiary/aromatic N) is 2. The summed E-state index contributed by atoms with van der Waals surface area (Å²) in [5.41, 5.74) is 2.64. The third kappa shape index (κ3) is 2.81. The number of amides is 1. The van der Waals surface area contributed by atoms with Gasteiger partial charge in [0.25, 0.3) is 5.91 Å². The van der Waals surface area contributed by atoms with Crippen LogP contribution >= 0.6 is 22.7 Å². The van der Waals surface area contributed by atoms with Gasteiger partial charge in [-0.3, -0.25) is 10.1 Å². The second-order valence-electron chi connectivity index (χ2n) is 5.24. The van der Waals surface area contributed by atoms with Gasteiger partial charge in [0, 0.05) is 5.56 Å². The number of rotatable bonds is 3. The van der Waals surface area contributed by atoms with E-state index in [2.05, 4.69) is 15.3 Å². The van der Waals surface area contributed by atoms with E-state index < -0.39 is 0 Å². The second kappa shape index (κ2) is 6.14. The highest BCUT2D eigenvalue weighted by Gasteiger charge is 2.17. The van der Waals surface area contributed by atoms with Crippen molar-refractivity contribution < 1.29 is 4.79 Å². The van der Waals surface area contributed by atoms with Gasteiger partial charge in [-0.05, 0) is 19.1 Å². The number of nitrogens with one attached hydrogen (secondary N) is 1. The van der Waals surface area contributed by atoms with Gasteiger partial charge in [0.05, 0.1) is 15.9 Å². The van der Waals surface area contributed by atoms with Gasteiger partial charge in [-0.25, -0.2) is 9.97 Å². The molecule has 0 fully saturated rings. The smallest absolute Gasteiger partial charge is 0.269 e. The Bertz CT molecular complexity index is 988. The van der Waals surface area contributed by atoms with Crippen molar-refractivity contribution in [3.05, 3.63) is 65.2 Å². The van der Waals surface area contributed by atoms with Crippen LogP contribution in [0.2, 0.25) is 0 Å². The number of hydrogen-bond donors (Lipinski definition) is 1. The number of thiazole rings is 2. The summed E-state index contributed by atoms with van der Waals surface area (Å²) in [4.78, 5) is 22.2. The lowest BCUT2D eigenvalue weighted by Gasteiger charge is -1.98. The molecule has 0 spiro atoms. The van der Waals surface area contributed by atoms with Crippen LogP contribution in [0.4, 0.5) is 5.13 Å². The predicted octanol–water partition coefficient (Wildman–Crippen LogP) is 4.98. The van der Waals surface area contributed by atoms with E-state index in [4.69, 9.17) is 0 Å². The van der Waals surface area contributed by atoms with E-state index in [1.807, 2.05) is 61.5 Å². The highest BCUT2D eigenvalue weighted by Crippen LogP contribution is 2.30. The first-order valence-electron chi connectivity index (χ1n) is 7.40. The number of benzene rings is 2. The first kappa shape index (κ1) is 15.0. The maximum atomic E-state index is 12.6. The van der Waals surface area contributed by atoms with Crippen LogP contribution in [0.3, 0.4) is 0 Å². The van der Waals surface area contributed by atoms with Crippen molar-refractivity contribution in [3.63, 3.8) is 0 Å². The van der Waals surface area contributed by atoms with Crippen LogP contribution in [0.5, 0.6) is 0 Å². The molecule has 0 aliphatic rings. The van der Waals surface area contributed by atoms with Gasteiger partial charge in [-0.1, -0.05) is 53.8 Å². The third-order valence-corrected chi connectivity index (χ3v) is 5.70.